The van der Waals surface area contributed by atoms with Crippen molar-refractivity contribution in [2.24, 2.45) is 0 Å². The molecule has 26 heavy (non-hydrogen) atoms. The number of halogens is 1. The number of anilines is 1. The number of nitrogens with zero attached hydrogens (tertiary/aromatic N) is 2. The third-order valence-electron chi connectivity index (χ3n) is 3.94. The van der Waals surface area contributed by atoms with Crippen LogP contribution in [0.3, 0.4) is 0 Å². The first-order valence-corrected chi connectivity index (χ1v) is 9.70. The number of sulfonamides is 1. The predicted octanol–water partition coefficient (Wildman–Crippen LogP) is 4.46. The van der Waals surface area contributed by atoms with Gasteiger partial charge in [-0.15, -0.1) is 0 Å². The van der Waals surface area contributed by atoms with Crippen LogP contribution in [0.4, 0.5) is 5.69 Å². The first-order chi connectivity index (χ1) is 12.5. The Balaban J connectivity index is 1.75. The molecule has 0 atom stereocenters. The smallest absolute Gasteiger partial charge is 0.261 e. The van der Waals surface area contributed by atoms with Crippen molar-refractivity contribution >= 4 is 33.0 Å². The van der Waals surface area contributed by atoms with Crippen LogP contribution in [-0.2, 0) is 10.0 Å². The fourth-order valence-electron chi connectivity index (χ4n) is 2.68. The van der Waals surface area contributed by atoms with E-state index in [2.05, 4.69) is 9.71 Å². The molecule has 2 aromatic heterocycles. The lowest BCUT2D eigenvalue weighted by atomic mass is 10.1. The van der Waals surface area contributed by atoms with Crippen molar-refractivity contribution in [3.05, 3.63) is 84.1 Å². The van der Waals surface area contributed by atoms with Gasteiger partial charge >= 0.3 is 0 Å². The Hall–Kier alpha value is -2.83. The van der Waals surface area contributed by atoms with Gasteiger partial charge in [-0.05, 0) is 42.5 Å². The molecule has 130 valence electrons. The standard InChI is InChI=1S/C19H14ClN3O2S/c20-14-8-10-15(11-9-14)26(24,25)22-17-6-2-1-5-16(17)18-13-23-12-4-3-7-19(23)21-18/h1-13,22H. The van der Waals surface area contributed by atoms with Gasteiger partial charge in [-0.25, -0.2) is 13.4 Å². The molecule has 1 N–H and O–H groups in total. The second-order valence-corrected chi connectivity index (χ2v) is 7.82. The molecule has 0 bridgehead atoms. The van der Waals surface area contributed by atoms with Gasteiger partial charge in [0.1, 0.15) is 5.65 Å². The Morgan fingerprint density at radius 3 is 2.42 bits per heavy atom. The van der Waals surface area contributed by atoms with E-state index in [9.17, 15) is 8.42 Å². The van der Waals surface area contributed by atoms with Gasteiger partial charge in [0.2, 0.25) is 0 Å². The number of pyridine rings is 1. The number of aromatic nitrogens is 2. The predicted molar refractivity (Wildman–Crippen MR) is 103 cm³/mol. The van der Waals surface area contributed by atoms with Crippen molar-refractivity contribution in [1.29, 1.82) is 0 Å². The summed E-state index contributed by atoms with van der Waals surface area (Å²) >= 11 is 5.84. The number of nitrogens with one attached hydrogen (secondary N) is 1. The summed E-state index contributed by atoms with van der Waals surface area (Å²) in [6.45, 7) is 0. The maximum Gasteiger partial charge on any atom is 0.261 e. The maximum absolute atomic E-state index is 12.7. The largest absolute Gasteiger partial charge is 0.306 e. The van der Waals surface area contributed by atoms with E-state index in [-0.39, 0.29) is 4.90 Å². The molecule has 0 aliphatic heterocycles. The number of hydrogen-bond donors (Lipinski definition) is 1. The zero-order valence-electron chi connectivity index (χ0n) is 13.5. The summed E-state index contributed by atoms with van der Waals surface area (Å²) in [6, 6.07) is 18.9. The Morgan fingerprint density at radius 2 is 1.65 bits per heavy atom. The molecule has 0 saturated heterocycles. The summed E-state index contributed by atoms with van der Waals surface area (Å²) in [7, 11) is -3.73. The quantitative estimate of drug-likeness (QED) is 0.566. The van der Waals surface area contributed by atoms with E-state index < -0.39 is 10.0 Å². The first kappa shape index (κ1) is 16.6. The number of benzene rings is 2. The molecule has 0 aliphatic rings. The van der Waals surface area contributed by atoms with Crippen molar-refractivity contribution in [1.82, 2.24) is 9.38 Å². The zero-order chi connectivity index (χ0) is 18.1. The van der Waals surface area contributed by atoms with Gasteiger partial charge < -0.3 is 4.40 Å². The second kappa shape index (κ2) is 6.48. The third kappa shape index (κ3) is 3.16. The molecule has 0 amide bonds. The van der Waals surface area contributed by atoms with Gasteiger partial charge in [-0.1, -0.05) is 35.9 Å². The molecule has 2 heterocycles. The Kier molecular flexibility index (Phi) is 4.14. The van der Waals surface area contributed by atoms with E-state index in [0.717, 1.165) is 5.65 Å². The highest BCUT2D eigenvalue weighted by Crippen LogP contribution is 2.29. The SMILES string of the molecule is O=S(=O)(Nc1ccccc1-c1cn2ccccc2n1)c1ccc(Cl)cc1. The van der Waals surface area contributed by atoms with E-state index in [1.807, 2.05) is 47.1 Å². The number of hydrogen-bond acceptors (Lipinski definition) is 3. The van der Waals surface area contributed by atoms with Gasteiger partial charge in [0, 0.05) is 23.0 Å². The minimum atomic E-state index is -3.73. The molecular weight excluding hydrogens is 370 g/mol. The van der Waals surface area contributed by atoms with Crippen LogP contribution in [0.1, 0.15) is 0 Å². The Morgan fingerprint density at radius 1 is 0.923 bits per heavy atom. The number of imidazole rings is 1. The summed E-state index contributed by atoms with van der Waals surface area (Å²) in [5, 5.41) is 0.481. The highest BCUT2D eigenvalue weighted by molar-refractivity contribution is 7.92. The summed E-state index contributed by atoms with van der Waals surface area (Å²) in [6.07, 6.45) is 3.76. The van der Waals surface area contributed by atoms with Crippen LogP contribution < -0.4 is 4.72 Å². The van der Waals surface area contributed by atoms with Crippen LogP contribution in [0.5, 0.6) is 0 Å². The normalized spacial score (nSPS) is 11.6. The lowest BCUT2D eigenvalue weighted by Crippen LogP contribution is -2.13. The molecule has 7 heteroatoms. The van der Waals surface area contributed by atoms with Crippen LogP contribution in [0.25, 0.3) is 16.9 Å². The molecule has 4 aromatic rings. The van der Waals surface area contributed by atoms with E-state index in [1.165, 1.54) is 12.1 Å². The minimum absolute atomic E-state index is 0.145. The van der Waals surface area contributed by atoms with Crippen LogP contribution in [0.15, 0.2) is 84.0 Å². The van der Waals surface area contributed by atoms with Crippen LogP contribution >= 0.6 is 11.6 Å². The molecule has 0 unspecified atom stereocenters. The second-order valence-electron chi connectivity index (χ2n) is 5.70. The fourth-order valence-corrected chi connectivity index (χ4v) is 3.88. The van der Waals surface area contributed by atoms with Gasteiger partial charge in [-0.3, -0.25) is 4.72 Å². The zero-order valence-corrected chi connectivity index (χ0v) is 15.1. The van der Waals surface area contributed by atoms with E-state index in [1.54, 1.807) is 24.3 Å². The van der Waals surface area contributed by atoms with Crippen molar-refractivity contribution in [3.63, 3.8) is 0 Å². The van der Waals surface area contributed by atoms with Crippen molar-refractivity contribution < 1.29 is 8.42 Å². The lowest BCUT2D eigenvalue weighted by Gasteiger charge is -2.11. The monoisotopic (exact) mass is 383 g/mol. The Labute approximate surface area is 155 Å². The number of para-hydroxylation sites is 1. The van der Waals surface area contributed by atoms with Crippen molar-refractivity contribution in [2.75, 3.05) is 4.72 Å². The highest BCUT2D eigenvalue weighted by atomic mass is 35.5. The summed E-state index contributed by atoms with van der Waals surface area (Å²) in [5.74, 6) is 0. The first-order valence-electron chi connectivity index (χ1n) is 7.84. The molecule has 0 radical (unpaired) electrons. The van der Waals surface area contributed by atoms with E-state index in [4.69, 9.17) is 11.6 Å². The van der Waals surface area contributed by atoms with Gasteiger partial charge in [0.05, 0.1) is 16.3 Å². The molecule has 0 aliphatic carbocycles. The van der Waals surface area contributed by atoms with Crippen LogP contribution in [0.2, 0.25) is 5.02 Å². The maximum atomic E-state index is 12.7. The summed E-state index contributed by atoms with van der Waals surface area (Å²) in [5.41, 5.74) is 2.64. The van der Waals surface area contributed by atoms with Crippen molar-refractivity contribution in [2.45, 2.75) is 4.90 Å². The summed E-state index contributed by atoms with van der Waals surface area (Å²) in [4.78, 5) is 4.71. The molecule has 4 rings (SSSR count). The fraction of sp³-hybridized carbons (Fsp3) is 0. The van der Waals surface area contributed by atoms with E-state index in [0.29, 0.717) is 22.0 Å². The van der Waals surface area contributed by atoms with Gasteiger partial charge in [0.15, 0.2) is 0 Å². The minimum Gasteiger partial charge on any atom is -0.306 e. The highest BCUT2D eigenvalue weighted by Gasteiger charge is 2.17. The molecule has 2 aromatic carbocycles. The van der Waals surface area contributed by atoms with Gasteiger partial charge in [0.25, 0.3) is 10.0 Å². The number of fused-ring (bicyclic) bond motifs is 1. The average Bonchev–Trinajstić information content (AvgIpc) is 3.06. The van der Waals surface area contributed by atoms with Crippen LogP contribution in [0, 0.1) is 0 Å². The topological polar surface area (TPSA) is 63.5 Å². The van der Waals surface area contributed by atoms with Crippen molar-refractivity contribution in [3.8, 4) is 11.3 Å². The molecule has 0 spiro atoms. The summed E-state index contributed by atoms with van der Waals surface area (Å²) < 4.78 is 29.9. The Bertz CT molecular complexity index is 1150. The van der Waals surface area contributed by atoms with Gasteiger partial charge in [-0.2, -0.15) is 0 Å². The molecule has 0 fully saturated rings. The lowest BCUT2D eigenvalue weighted by molar-refractivity contribution is 0.601. The molecule has 5 nitrogen and oxygen atoms in total. The van der Waals surface area contributed by atoms with E-state index >= 15 is 0 Å². The molecule has 0 saturated carbocycles. The van der Waals surface area contributed by atoms with Crippen LogP contribution in [-0.4, -0.2) is 17.8 Å². The third-order valence-corrected chi connectivity index (χ3v) is 5.57. The average molecular weight is 384 g/mol. The molecular formula is C19H14ClN3O2S. The number of rotatable bonds is 4.